The summed E-state index contributed by atoms with van der Waals surface area (Å²) in [7, 11) is 1.75. The van der Waals surface area contributed by atoms with Crippen molar-refractivity contribution in [3.63, 3.8) is 0 Å². The third-order valence-corrected chi connectivity index (χ3v) is 3.92. The van der Waals surface area contributed by atoms with Gasteiger partial charge in [-0.15, -0.1) is 0 Å². The summed E-state index contributed by atoms with van der Waals surface area (Å²) >= 11 is 0. The van der Waals surface area contributed by atoms with E-state index in [0.717, 1.165) is 36.3 Å². The van der Waals surface area contributed by atoms with Crippen molar-refractivity contribution in [1.29, 1.82) is 0 Å². The zero-order valence-corrected chi connectivity index (χ0v) is 11.3. The third-order valence-electron chi connectivity index (χ3n) is 3.92. The summed E-state index contributed by atoms with van der Waals surface area (Å²) in [6, 6.07) is 0. The van der Waals surface area contributed by atoms with Gasteiger partial charge < -0.3 is 9.84 Å². The van der Waals surface area contributed by atoms with Crippen molar-refractivity contribution in [3.8, 4) is 0 Å². The Bertz CT molecular complexity index is 401. The molecular weight excluding hydrogens is 228 g/mol. The summed E-state index contributed by atoms with van der Waals surface area (Å²) in [5.41, 5.74) is 1.45. The van der Waals surface area contributed by atoms with E-state index in [1.165, 1.54) is 19.3 Å². The molecule has 2 rings (SSSR count). The normalized spacial score (nSPS) is 18.8. The minimum atomic E-state index is -0.309. The fourth-order valence-corrected chi connectivity index (χ4v) is 2.74. The Morgan fingerprint density at radius 3 is 2.61 bits per heavy atom. The highest BCUT2D eigenvalue weighted by molar-refractivity contribution is 5.19. The van der Waals surface area contributed by atoms with Gasteiger partial charge in [0.2, 0.25) is 0 Å². The Morgan fingerprint density at radius 1 is 1.33 bits per heavy atom. The van der Waals surface area contributed by atoms with Crippen LogP contribution in [0.25, 0.3) is 0 Å². The summed E-state index contributed by atoms with van der Waals surface area (Å²) < 4.78 is 5.75. The molecule has 1 N–H and O–H groups in total. The molecule has 0 saturated heterocycles. The van der Waals surface area contributed by atoms with Crippen LogP contribution < -0.4 is 0 Å². The van der Waals surface area contributed by atoms with Crippen molar-refractivity contribution in [3.05, 3.63) is 23.3 Å². The molecule has 0 aromatic carbocycles. The second-order valence-electron chi connectivity index (χ2n) is 4.94. The summed E-state index contributed by atoms with van der Waals surface area (Å²) in [5, 5.41) is 9.26. The summed E-state index contributed by atoms with van der Waals surface area (Å²) in [5.74, 6) is 0.791. The van der Waals surface area contributed by atoms with Crippen LogP contribution in [0.1, 0.15) is 56.1 Å². The molecule has 100 valence electrons. The number of hydrogen-bond acceptors (Lipinski definition) is 4. The summed E-state index contributed by atoms with van der Waals surface area (Å²) in [6.45, 7) is 2.05. The maximum atomic E-state index is 9.26. The molecule has 1 saturated carbocycles. The number of rotatable bonds is 4. The Hall–Kier alpha value is -1.00. The van der Waals surface area contributed by atoms with Crippen molar-refractivity contribution in [2.24, 2.45) is 0 Å². The van der Waals surface area contributed by atoms with Crippen LogP contribution in [0.4, 0.5) is 0 Å². The zero-order chi connectivity index (χ0) is 13.0. The lowest BCUT2D eigenvalue weighted by molar-refractivity contribution is -0.0517. The number of nitrogens with zero attached hydrogens (tertiary/aromatic N) is 2. The topological polar surface area (TPSA) is 55.2 Å². The van der Waals surface area contributed by atoms with Gasteiger partial charge in [0.05, 0.1) is 6.61 Å². The minimum Gasteiger partial charge on any atom is -0.392 e. The maximum absolute atomic E-state index is 9.26. The monoisotopic (exact) mass is 250 g/mol. The molecule has 4 nitrogen and oxygen atoms in total. The van der Waals surface area contributed by atoms with Gasteiger partial charge in [-0.05, 0) is 19.3 Å². The van der Waals surface area contributed by atoms with Crippen molar-refractivity contribution in [1.82, 2.24) is 9.97 Å². The number of aliphatic hydroxyl groups excluding tert-OH is 1. The van der Waals surface area contributed by atoms with E-state index < -0.39 is 0 Å². The number of ether oxygens (including phenoxy) is 1. The molecule has 1 heterocycles. The van der Waals surface area contributed by atoms with Gasteiger partial charge in [0.1, 0.15) is 5.60 Å². The van der Waals surface area contributed by atoms with Crippen molar-refractivity contribution >= 4 is 0 Å². The Morgan fingerprint density at radius 2 is 2.06 bits per heavy atom. The van der Waals surface area contributed by atoms with Crippen molar-refractivity contribution < 1.29 is 9.84 Å². The van der Waals surface area contributed by atoms with Crippen LogP contribution in [-0.4, -0.2) is 22.2 Å². The lowest BCUT2D eigenvalue weighted by atomic mass is 9.84. The van der Waals surface area contributed by atoms with E-state index in [1.807, 2.05) is 6.92 Å². The van der Waals surface area contributed by atoms with E-state index in [2.05, 4.69) is 9.97 Å². The van der Waals surface area contributed by atoms with Crippen LogP contribution in [0.15, 0.2) is 6.20 Å². The fourth-order valence-electron chi connectivity index (χ4n) is 2.74. The van der Waals surface area contributed by atoms with Crippen LogP contribution >= 0.6 is 0 Å². The average Bonchev–Trinajstić information content (AvgIpc) is 2.47. The molecule has 0 radical (unpaired) electrons. The van der Waals surface area contributed by atoms with E-state index in [0.29, 0.717) is 0 Å². The fraction of sp³-hybridized carbons (Fsp3) is 0.714. The molecule has 4 heteroatoms. The zero-order valence-electron chi connectivity index (χ0n) is 11.3. The first-order valence-corrected chi connectivity index (χ1v) is 6.77. The maximum Gasteiger partial charge on any atom is 0.160 e. The molecule has 0 aliphatic heterocycles. The largest absolute Gasteiger partial charge is 0.392 e. The SMILES string of the molecule is CCc1nc(C2(OC)CCCCC2)ncc1CO. The molecule has 1 aromatic heterocycles. The van der Waals surface area contributed by atoms with Gasteiger partial charge in [-0.2, -0.15) is 0 Å². The Labute approximate surface area is 108 Å². The van der Waals surface area contributed by atoms with Crippen LogP contribution in [0.5, 0.6) is 0 Å². The second kappa shape index (κ2) is 5.76. The van der Waals surface area contributed by atoms with Crippen LogP contribution in [-0.2, 0) is 23.4 Å². The number of aliphatic hydroxyl groups is 1. The number of methoxy groups -OCH3 is 1. The first-order valence-electron chi connectivity index (χ1n) is 6.77. The molecule has 0 atom stereocenters. The van der Waals surface area contributed by atoms with E-state index in [1.54, 1.807) is 13.3 Å². The molecule has 0 amide bonds. The van der Waals surface area contributed by atoms with Gasteiger partial charge in [-0.25, -0.2) is 9.97 Å². The molecule has 0 unspecified atom stereocenters. The second-order valence-corrected chi connectivity index (χ2v) is 4.94. The van der Waals surface area contributed by atoms with E-state index in [4.69, 9.17) is 4.74 Å². The number of aryl methyl sites for hydroxylation is 1. The van der Waals surface area contributed by atoms with Gasteiger partial charge in [0.15, 0.2) is 5.82 Å². The van der Waals surface area contributed by atoms with E-state index in [9.17, 15) is 5.11 Å². The molecule has 1 aliphatic rings. The third kappa shape index (κ3) is 2.40. The van der Waals surface area contributed by atoms with Crippen molar-refractivity contribution in [2.45, 2.75) is 57.7 Å². The highest BCUT2D eigenvalue weighted by Gasteiger charge is 2.36. The lowest BCUT2D eigenvalue weighted by Crippen LogP contribution is -2.33. The Kier molecular flexibility index (Phi) is 4.30. The molecule has 1 aromatic rings. The molecule has 1 fully saturated rings. The summed E-state index contributed by atoms with van der Waals surface area (Å²) in [4.78, 5) is 9.06. The van der Waals surface area contributed by atoms with Gasteiger partial charge in [-0.1, -0.05) is 26.2 Å². The van der Waals surface area contributed by atoms with E-state index in [-0.39, 0.29) is 12.2 Å². The predicted molar refractivity (Wildman–Crippen MR) is 69.1 cm³/mol. The van der Waals surface area contributed by atoms with Gasteiger partial charge >= 0.3 is 0 Å². The minimum absolute atomic E-state index is 0.00341. The molecule has 18 heavy (non-hydrogen) atoms. The van der Waals surface area contributed by atoms with Gasteiger partial charge in [0.25, 0.3) is 0 Å². The molecule has 0 bridgehead atoms. The summed E-state index contributed by atoms with van der Waals surface area (Å²) in [6.07, 6.45) is 8.14. The van der Waals surface area contributed by atoms with Crippen LogP contribution in [0.2, 0.25) is 0 Å². The first kappa shape index (κ1) is 13.4. The standard InChI is InChI=1S/C14H22N2O2/c1-3-12-11(10-17)9-15-13(16-12)14(18-2)7-5-4-6-8-14/h9,17H,3-8,10H2,1-2H3. The molecule has 0 spiro atoms. The van der Waals surface area contributed by atoms with Gasteiger partial charge in [0, 0.05) is 24.6 Å². The van der Waals surface area contributed by atoms with E-state index >= 15 is 0 Å². The number of aromatic nitrogens is 2. The number of hydrogen-bond donors (Lipinski definition) is 1. The quantitative estimate of drug-likeness (QED) is 0.891. The smallest absolute Gasteiger partial charge is 0.160 e. The molecular formula is C14H22N2O2. The predicted octanol–water partition coefficient (Wildman–Crippen LogP) is 2.34. The van der Waals surface area contributed by atoms with Crippen LogP contribution in [0.3, 0.4) is 0 Å². The van der Waals surface area contributed by atoms with Crippen molar-refractivity contribution in [2.75, 3.05) is 7.11 Å². The lowest BCUT2D eigenvalue weighted by Gasteiger charge is -2.34. The molecule has 1 aliphatic carbocycles. The first-order chi connectivity index (χ1) is 8.75. The Balaban J connectivity index is 2.36. The highest BCUT2D eigenvalue weighted by Crippen LogP contribution is 2.38. The van der Waals surface area contributed by atoms with Gasteiger partial charge in [-0.3, -0.25) is 0 Å². The highest BCUT2D eigenvalue weighted by atomic mass is 16.5. The average molecular weight is 250 g/mol. The van der Waals surface area contributed by atoms with Crippen LogP contribution in [0, 0.1) is 0 Å².